The van der Waals surface area contributed by atoms with Crippen LogP contribution < -0.4 is 9.47 Å². The van der Waals surface area contributed by atoms with Crippen LogP contribution in [0.5, 0.6) is 11.5 Å². The summed E-state index contributed by atoms with van der Waals surface area (Å²) >= 11 is 10.2. The molecule has 2 nitrogen and oxygen atoms in total. The summed E-state index contributed by atoms with van der Waals surface area (Å²) in [6, 6.07) is 11.8. The first-order valence-electron chi connectivity index (χ1n) is 6.19. The number of hydrogen-bond acceptors (Lipinski definition) is 2. The summed E-state index contributed by atoms with van der Waals surface area (Å²) in [5, 5.41) is -0.245. The lowest BCUT2D eigenvalue weighted by molar-refractivity contribution is 0.354. The summed E-state index contributed by atoms with van der Waals surface area (Å²) in [7, 11) is 3.25. The molecule has 0 aliphatic rings. The molecule has 0 saturated heterocycles. The van der Waals surface area contributed by atoms with Gasteiger partial charge in [0.1, 0.15) is 0 Å². The summed E-state index contributed by atoms with van der Waals surface area (Å²) in [4.78, 5) is 0. The van der Waals surface area contributed by atoms with E-state index in [1.54, 1.807) is 14.2 Å². The van der Waals surface area contributed by atoms with Crippen molar-refractivity contribution >= 4 is 27.5 Å². The minimum absolute atomic E-state index is 0.245. The molecule has 0 aliphatic carbocycles. The van der Waals surface area contributed by atoms with E-state index in [1.165, 1.54) is 0 Å². The first-order valence-corrected chi connectivity index (χ1v) is 7.42. The fourth-order valence-electron chi connectivity index (χ4n) is 2.12. The third-order valence-corrected chi connectivity index (χ3v) is 4.42. The van der Waals surface area contributed by atoms with Gasteiger partial charge in [-0.15, -0.1) is 11.6 Å². The Morgan fingerprint density at radius 1 is 1.00 bits per heavy atom. The van der Waals surface area contributed by atoms with Crippen LogP contribution in [0.2, 0.25) is 0 Å². The van der Waals surface area contributed by atoms with Gasteiger partial charge in [-0.3, -0.25) is 0 Å². The molecule has 2 aromatic carbocycles. The number of methoxy groups -OCH3 is 2. The number of halogens is 2. The van der Waals surface area contributed by atoms with Gasteiger partial charge >= 0.3 is 0 Å². The highest BCUT2D eigenvalue weighted by Crippen LogP contribution is 2.39. The van der Waals surface area contributed by atoms with E-state index in [2.05, 4.69) is 15.9 Å². The largest absolute Gasteiger partial charge is 0.493 e. The maximum atomic E-state index is 6.64. The summed E-state index contributed by atoms with van der Waals surface area (Å²) in [6.45, 7) is 2.02. The average molecular weight is 356 g/mol. The van der Waals surface area contributed by atoms with Gasteiger partial charge in [0.05, 0.1) is 19.6 Å². The third kappa shape index (κ3) is 2.94. The second kappa shape index (κ2) is 6.51. The molecule has 106 valence electrons. The van der Waals surface area contributed by atoms with Gasteiger partial charge in [-0.2, -0.15) is 0 Å². The molecule has 0 aromatic heterocycles. The van der Waals surface area contributed by atoms with Crippen molar-refractivity contribution in [1.29, 1.82) is 0 Å². The lowest BCUT2D eigenvalue weighted by Crippen LogP contribution is -2.00. The molecule has 0 aliphatic heterocycles. The summed E-state index contributed by atoms with van der Waals surface area (Å²) in [5.74, 6) is 1.40. The number of alkyl halides is 1. The van der Waals surface area contributed by atoms with Crippen LogP contribution in [0.3, 0.4) is 0 Å². The Hall–Kier alpha value is -1.19. The molecule has 20 heavy (non-hydrogen) atoms. The van der Waals surface area contributed by atoms with Crippen LogP contribution in [0.1, 0.15) is 22.1 Å². The smallest absolute Gasteiger partial charge is 0.161 e. The maximum absolute atomic E-state index is 6.64. The van der Waals surface area contributed by atoms with Gasteiger partial charge < -0.3 is 9.47 Å². The Morgan fingerprint density at radius 2 is 1.60 bits per heavy atom. The zero-order valence-corrected chi connectivity index (χ0v) is 14.0. The predicted molar refractivity (Wildman–Crippen MR) is 86.1 cm³/mol. The van der Waals surface area contributed by atoms with Gasteiger partial charge in [0.15, 0.2) is 11.5 Å². The van der Waals surface area contributed by atoms with E-state index in [1.807, 2.05) is 43.3 Å². The standard InChI is InChI=1S/C16H16BrClO2/c1-10-8-14(19-2)15(20-3)9-12(10)16(18)11-6-4-5-7-13(11)17/h4-9,16H,1-3H3. The van der Waals surface area contributed by atoms with Crippen molar-refractivity contribution in [3.8, 4) is 11.5 Å². The molecule has 0 radical (unpaired) electrons. The Bertz CT molecular complexity index is 613. The monoisotopic (exact) mass is 354 g/mol. The molecule has 0 spiro atoms. The summed E-state index contributed by atoms with van der Waals surface area (Å²) < 4.78 is 11.7. The van der Waals surface area contributed by atoms with Gasteiger partial charge in [-0.1, -0.05) is 34.1 Å². The predicted octanol–water partition coefficient (Wildman–Crippen LogP) is 5.10. The molecule has 0 bridgehead atoms. The molecule has 0 heterocycles. The van der Waals surface area contributed by atoms with Crippen LogP contribution in [0.15, 0.2) is 40.9 Å². The van der Waals surface area contributed by atoms with Gasteiger partial charge in [0.25, 0.3) is 0 Å². The van der Waals surface area contributed by atoms with Crippen LogP contribution in [-0.2, 0) is 0 Å². The normalized spacial score (nSPS) is 12.1. The summed E-state index contributed by atoms with van der Waals surface area (Å²) in [5.41, 5.74) is 3.11. The van der Waals surface area contributed by atoms with Gasteiger partial charge in [0.2, 0.25) is 0 Å². The summed E-state index contributed by atoms with van der Waals surface area (Å²) in [6.07, 6.45) is 0. The second-order valence-electron chi connectivity index (χ2n) is 4.45. The van der Waals surface area contributed by atoms with Gasteiger partial charge in [-0.05, 0) is 41.8 Å². The van der Waals surface area contributed by atoms with Crippen molar-refractivity contribution in [3.05, 3.63) is 57.6 Å². The van der Waals surface area contributed by atoms with E-state index in [4.69, 9.17) is 21.1 Å². The number of benzene rings is 2. The van der Waals surface area contributed by atoms with Crippen LogP contribution in [-0.4, -0.2) is 14.2 Å². The quantitative estimate of drug-likeness (QED) is 0.710. The SMILES string of the molecule is COc1cc(C)c(C(Cl)c2ccccc2Br)cc1OC. The molecule has 1 unspecified atom stereocenters. The molecule has 0 amide bonds. The molecule has 1 atom stereocenters. The average Bonchev–Trinajstić information content (AvgIpc) is 2.46. The van der Waals surface area contributed by atoms with Crippen molar-refractivity contribution in [3.63, 3.8) is 0 Å². The van der Waals surface area contributed by atoms with Crippen LogP contribution in [0, 0.1) is 6.92 Å². The van der Waals surface area contributed by atoms with Gasteiger partial charge in [-0.25, -0.2) is 0 Å². The molecule has 2 aromatic rings. The Labute approximate surface area is 132 Å². The maximum Gasteiger partial charge on any atom is 0.161 e. The number of rotatable bonds is 4. The second-order valence-corrected chi connectivity index (χ2v) is 5.74. The van der Waals surface area contributed by atoms with E-state index >= 15 is 0 Å². The minimum Gasteiger partial charge on any atom is -0.493 e. The highest BCUT2D eigenvalue weighted by atomic mass is 79.9. The Balaban J connectivity index is 2.50. The van der Waals surface area contributed by atoms with Crippen LogP contribution in [0.25, 0.3) is 0 Å². The molecule has 0 saturated carbocycles. The topological polar surface area (TPSA) is 18.5 Å². The van der Waals surface area contributed by atoms with E-state index in [0.29, 0.717) is 11.5 Å². The van der Waals surface area contributed by atoms with E-state index < -0.39 is 0 Å². The first kappa shape index (κ1) is 15.2. The first-order chi connectivity index (χ1) is 9.58. The molecule has 0 N–H and O–H groups in total. The van der Waals surface area contributed by atoms with Crippen molar-refractivity contribution in [2.24, 2.45) is 0 Å². The highest BCUT2D eigenvalue weighted by molar-refractivity contribution is 9.10. The lowest BCUT2D eigenvalue weighted by atomic mass is 9.99. The van der Waals surface area contributed by atoms with Crippen molar-refractivity contribution in [1.82, 2.24) is 0 Å². The van der Waals surface area contributed by atoms with Crippen molar-refractivity contribution < 1.29 is 9.47 Å². The van der Waals surface area contributed by atoms with E-state index in [9.17, 15) is 0 Å². The van der Waals surface area contributed by atoms with Crippen LogP contribution >= 0.6 is 27.5 Å². The van der Waals surface area contributed by atoms with Crippen molar-refractivity contribution in [2.45, 2.75) is 12.3 Å². The highest BCUT2D eigenvalue weighted by Gasteiger charge is 2.18. The zero-order chi connectivity index (χ0) is 14.7. The number of hydrogen-bond donors (Lipinski definition) is 0. The molecule has 4 heteroatoms. The fourth-order valence-corrected chi connectivity index (χ4v) is 3.19. The Morgan fingerprint density at radius 3 is 2.20 bits per heavy atom. The van der Waals surface area contributed by atoms with Gasteiger partial charge in [0, 0.05) is 4.47 Å². The molecule has 2 rings (SSSR count). The lowest BCUT2D eigenvalue weighted by Gasteiger charge is -2.17. The van der Waals surface area contributed by atoms with E-state index in [0.717, 1.165) is 21.2 Å². The fraction of sp³-hybridized carbons (Fsp3) is 0.250. The number of ether oxygens (including phenoxy) is 2. The molecule has 0 fully saturated rings. The van der Waals surface area contributed by atoms with Crippen molar-refractivity contribution in [2.75, 3.05) is 14.2 Å². The van der Waals surface area contributed by atoms with E-state index in [-0.39, 0.29) is 5.38 Å². The molecular formula is C16H16BrClO2. The third-order valence-electron chi connectivity index (χ3n) is 3.22. The zero-order valence-electron chi connectivity index (χ0n) is 11.6. The number of aryl methyl sites for hydroxylation is 1. The minimum atomic E-state index is -0.245. The van der Waals surface area contributed by atoms with Crippen LogP contribution in [0.4, 0.5) is 0 Å². The Kier molecular flexibility index (Phi) is 4.95. The molecular weight excluding hydrogens is 340 g/mol.